The number of nitrogens with zero attached hydrogens (tertiary/aromatic N) is 4. The molecule has 7 heteroatoms. The Hall–Kier alpha value is -14.9. The summed E-state index contributed by atoms with van der Waals surface area (Å²) >= 11 is 0. The van der Waals surface area contributed by atoms with Crippen LogP contribution in [0.25, 0.3) is 70.9 Å². The van der Waals surface area contributed by atoms with Crippen LogP contribution in [-0.4, -0.2) is 21.3 Å². The van der Waals surface area contributed by atoms with Gasteiger partial charge >= 0.3 is 0 Å². The van der Waals surface area contributed by atoms with Crippen LogP contribution < -0.4 is 33.8 Å². The van der Waals surface area contributed by atoms with Crippen molar-refractivity contribution in [2.75, 3.05) is 40.9 Å². The van der Waals surface area contributed by atoms with Crippen LogP contribution in [0.3, 0.4) is 0 Å². The minimum atomic E-state index is 0.710. The van der Waals surface area contributed by atoms with Gasteiger partial charge in [-0.1, -0.05) is 283 Å². The molecule has 618 valence electrons. The standard InChI is InChI=1S/C60H56N2O2.C58H52N2O/c1-41-9-34-57(45(5)37-41)61(53-26-17-47(18-27-53)13-15-49-12-11-43(3)44(4)39-49)55-30-22-51(23-31-55)52-24-32-56(33-25-52)62(58-35-10-42(2)38-46(58)6)54-28-19-48(20-29-54)14-16-50-21-36-59(63-7)60(40-50)64-8;1-41-17-35-56(44(4)37-41)59(54-33-23-48(43(3)39-54)21-19-46-13-9-7-10-14-46)52-29-24-49(25-30-52)50-26-31-53(32-27-50)60(57-36-18-42(2)38-45(57)5)55-34-28-51(58(40-55)61-6)22-20-47-15-11-8-12-16-47/h9-40H,1-8H3;7-40H,1-6H3/b15-13+,16-14+;21-19+,22-20+. The van der Waals surface area contributed by atoms with Crippen LogP contribution in [0.4, 0.5) is 68.2 Å². The smallest absolute Gasteiger partial charge is 0.161 e. The van der Waals surface area contributed by atoms with Gasteiger partial charge in [0.2, 0.25) is 0 Å². The van der Waals surface area contributed by atoms with E-state index in [2.05, 4.69) is 466 Å². The van der Waals surface area contributed by atoms with E-state index in [1.807, 2.05) is 30.3 Å². The first kappa shape index (κ1) is 85.1. The molecule has 125 heavy (non-hydrogen) atoms. The number of aryl methyl sites for hydroxylation is 11. The number of rotatable bonds is 25. The molecule has 16 aromatic carbocycles. The lowest BCUT2D eigenvalue weighted by atomic mass is 10.0. The van der Waals surface area contributed by atoms with E-state index < -0.39 is 0 Å². The topological polar surface area (TPSA) is 40.7 Å². The maximum Gasteiger partial charge on any atom is 0.161 e. The average molecular weight is 1630 g/mol. The van der Waals surface area contributed by atoms with Crippen molar-refractivity contribution in [2.24, 2.45) is 0 Å². The van der Waals surface area contributed by atoms with Gasteiger partial charge in [0, 0.05) is 79.9 Å². The third-order valence-corrected chi connectivity index (χ3v) is 23.2. The number of anilines is 12. The lowest BCUT2D eigenvalue weighted by Gasteiger charge is -2.28. The highest BCUT2D eigenvalue weighted by Crippen LogP contribution is 2.45. The van der Waals surface area contributed by atoms with E-state index >= 15 is 0 Å². The van der Waals surface area contributed by atoms with E-state index in [9.17, 15) is 0 Å². The lowest BCUT2D eigenvalue weighted by Crippen LogP contribution is -2.12. The maximum absolute atomic E-state index is 5.97. The van der Waals surface area contributed by atoms with Gasteiger partial charge in [-0.25, -0.2) is 0 Å². The van der Waals surface area contributed by atoms with Crippen molar-refractivity contribution in [3.8, 4) is 39.5 Å². The van der Waals surface area contributed by atoms with Crippen molar-refractivity contribution in [1.82, 2.24) is 0 Å². The minimum absolute atomic E-state index is 0.710. The molecule has 0 saturated heterocycles. The molecule has 7 nitrogen and oxygen atoms in total. The zero-order valence-corrected chi connectivity index (χ0v) is 74.1. The predicted molar refractivity (Wildman–Crippen MR) is 536 cm³/mol. The number of methoxy groups -OCH3 is 3. The Morgan fingerprint density at radius 2 is 0.464 bits per heavy atom. The lowest BCUT2D eigenvalue weighted by molar-refractivity contribution is 0.355. The zero-order valence-electron chi connectivity index (χ0n) is 74.1. The molecule has 0 amide bonds. The van der Waals surface area contributed by atoms with Crippen molar-refractivity contribution < 1.29 is 14.2 Å². The van der Waals surface area contributed by atoms with Crippen molar-refractivity contribution in [3.63, 3.8) is 0 Å². The maximum atomic E-state index is 5.97. The van der Waals surface area contributed by atoms with Crippen LogP contribution in [-0.2, 0) is 0 Å². The van der Waals surface area contributed by atoms with Crippen molar-refractivity contribution in [1.29, 1.82) is 0 Å². The molecule has 0 fully saturated rings. The molecule has 16 aromatic rings. The summed E-state index contributed by atoms with van der Waals surface area (Å²) < 4.78 is 16.9. The first-order valence-electron chi connectivity index (χ1n) is 42.8. The largest absolute Gasteiger partial charge is 0.496 e. The Balaban J connectivity index is 0.000000193. The molecule has 0 aliphatic heterocycles. The van der Waals surface area contributed by atoms with Gasteiger partial charge in [-0.05, 0) is 310 Å². The van der Waals surface area contributed by atoms with Gasteiger partial charge < -0.3 is 33.8 Å². The Bertz CT molecular complexity index is 6560. The molecule has 0 radical (unpaired) electrons. The van der Waals surface area contributed by atoms with Gasteiger partial charge in [-0.3, -0.25) is 0 Å². The molecule has 0 heterocycles. The number of benzene rings is 16. The highest BCUT2D eigenvalue weighted by molar-refractivity contribution is 5.88. The molecule has 0 aromatic heterocycles. The molecular weight excluding hydrogens is 1520 g/mol. The van der Waals surface area contributed by atoms with Gasteiger partial charge in [0.25, 0.3) is 0 Å². The van der Waals surface area contributed by atoms with Crippen LogP contribution in [0.1, 0.15) is 106 Å². The summed E-state index contributed by atoms with van der Waals surface area (Å²) in [4.78, 5) is 9.40. The Labute approximate surface area is 740 Å². The molecule has 16 rings (SSSR count). The van der Waals surface area contributed by atoms with Crippen molar-refractivity contribution in [2.45, 2.75) is 76.2 Å². The molecule has 0 spiro atoms. The SMILES string of the molecule is COc1cc(N(c2ccc(-c3ccc(N(c4ccc(/C=C/c5ccccc5)c(C)c4)c4ccc(C)cc4C)cc3)cc2)c2ccc(C)cc2C)ccc1/C=C/c1ccccc1.COc1ccc(/C=C/c2ccc(N(c3ccc(-c4ccc(N(c5ccc(/C=C/c6ccc(C)c(C)c6)cc5)c5ccc(C)cc5C)cc4)cc3)c3ccc(C)cc3C)cc2)cc1OC. The second kappa shape index (κ2) is 39.3. The molecule has 0 aliphatic rings. The molecule has 0 unspecified atom stereocenters. The van der Waals surface area contributed by atoms with Crippen molar-refractivity contribution in [3.05, 3.63) is 458 Å². The summed E-state index contributed by atoms with van der Waals surface area (Å²) in [6.45, 7) is 23.9. The van der Waals surface area contributed by atoms with Crippen LogP contribution in [0.15, 0.2) is 352 Å². The third kappa shape index (κ3) is 20.5. The van der Waals surface area contributed by atoms with Gasteiger partial charge in [0.15, 0.2) is 11.5 Å². The van der Waals surface area contributed by atoms with Crippen LogP contribution in [0, 0.1) is 76.2 Å². The summed E-state index contributed by atoms with van der Waals surface area (Å²) in [6, 6.07) is 126. The van der Waals surface area contributed by atoms with E-state index in [-0.39, 0.29) is 0 Å². The summed E-state index contributed by atoms with van der Waals surface area (Å²) in [5.74, 6) is 2.24. The second-order valence-corrected chi connectivity index (χ2v) is 32.5. The normalized spacial score (nSPS) is 11.3. The molecular formula is C118H108N4O3. The molecule has 0 bridgehead atoms. The van der Waals surface area contributed by atoms with Crippen LogP contribution in [0.5, 0.6) is 17.2 Å². The molecule has 0 N–H and O–H groups in total. The monoisotopic (exact) mass is 1630 g/mol. The van der Waals surface area contributed by atoms with E-state index in [1.165, 1.54) is 77.9 Å². The van der Waals surface area contributed by atoms with E-state index in [1.54, 1.807) is 21.3 Å². The quantitative estimate of drug-likeness (QED) is 0.0528. The number of ether oxygens (including phenoxy) is 3. The number of hydrogen-bond donors (Lipinski definition) is 0. The minimum Gasteiger partial charge on any atom is -0.496 e. The number of hydrogen-bond acceptors (Lipinski definition) is 7. The highest BCUT2D eigenvalue weighted by Gasteiger charge is 2.22. The first-order valence-corrected chi connectivity index (χ1v) is 42.8. The van der Waals surface area contributed by atoms with Gasteiger partial charge in [0.1, 0.15) is 5.75 Å². The Morgan fingerprint density at radius 1 is 0.176 bits per heavy atom. The van der Waals surface area contributed by atoms with E-state index in [0.29, 0.717) is 11.5 Å². The van der Waals surface area contributed by atoms with Crippen molar-refractivity contribution >= 4 is 117 Å². The predicted octanol–water partition coefficient (Wildman–Crippen LogP) is 32.7. The van der Waals surface area contributed by atoms with Crippen LogP contribution in [0.2, 0.25) is 0 Å². The zero-order chi connectivity index (χ0) is 87.0. The third-order valence-electron chi connectivity index (χ3n) is 23.2. The molecule has 0 aliphatic carbocycles. The summed E-state index contributed by atoms with van der Waals surface area (Å²) in [7, 11) is 5.05. The highest BCUT2D eigenvalue weighted by atomic mass is 16.5. The Morgan fingerprint density at radius 3 is 0.816 bits per heavy atom. The van der Waals surface area contributed by atoms with Gasteiger partial charge in [-0.15, -0.1) is 0 Å². The summed E-state index contributed by atoms with van der Waals surface area (Å²) in [5, 5.41) is 0. The van der Waals surface area contributed by atoms with E-state index in [4.69, 9.17) is 14.2 Å². The fraction of sp³-hybridized carbons (Fsp3) is 0.119. The Kier molecular flexibility index (Phi) is 26.7. The van der Waals surface area contributed by atoms with Gasteiger partial charge in [-0.2, -0.15) is 0 Å². The molecule has 0 atom stereocenters. The van der Waals surface area contributed by atoms with Gasteiger partial charge in [0.05, 0.1) is 21.3 Å². The van der Waals surface area contributed by atoms with Crippen LogP contribution >= 0.6 is 0 Å². The fourth-order valence-corrected chi connectivity index (χ4v) is 16.3. The summed E-state index contributed by atoms with van der Waals surface area (Å²) in [6.07, 6.45) is 17.2. The molecule has 0 saturated carbocycles. The fourth-order valence-electron chi connectivity index (χ4n) is 16.3. The second-order valence-electron chi connectivity index (χ2n) is 32.5. The summed E-state index contributed by atoms with van der Waals surface area (Å²) in [5.41, 5.74) is 40.7. The average Bonchev–Trinajstić information content (AvgIpc) is 0.800. The first-order chi connectivity index (χ1) is 60.8. The van der Waals surface area contributed by atoms with E-state index in [0.717, 1.165) is 124 Å².